The summed E-state index contributed by atoms with van der Waals surface area (Å²) < 4.78 is 0. The summed E-state index contributed by atoms with van der Waals surface area (Å²) in [6.45, 7) is 1.01. The van der Waals surface area contributed by atoms with Crippen molar-refractivity contribution in [2.75, 3.05) is 13.1 Å². The Morgan fingerprint density at radius 2 is 2.29 bits per heavy atom. The minimum absolute atomic E-state index is 0.0487. The van der Waals surface area contributed by atoms with Crippen LogP contribution < -0.4 is 5.32 Å². The zero-order valence-corrected chi connectivity index (χ0v) is 7.90. The lowest BCUT2D eigenvalue weighted by Crippen LogP contribution is -2.43. The molecule has 0 aromatic carbocycles. The Hall–Kier alpha value is -1.10. The number of likely N-dealkylation sites (tertiary alicyclic amines) is 1. The van der Waals surface area contributed by atoms with Crippen LogP contribution >= 0.6 is 0 Å². The van der Waals surface area contributed by atoms with Crippen LogP contribution in [0.1, 0.15) is 19.3 Å². The van der Waals surface area contributed by atoms with Crippen molar-refractivity contribution in [1.82, 2.24) is 10.2 Å². The van der Waals surface area contributed by atoms with E-state index in [0.717, 1.165) is 0 Å². The van der Waals surface area contributed by atoms with Crippen molar-refractivity contribution in [1.29, 1.82) is 0 Å². The zero-order valence-electron chi connectivity index (χ0n) is 7.90. The summed E-state index contributed by atoms with van der Waals surface area (Å²) in [5.74, 6) is -0.101. The van der Waals surface area contributed by atoms with Crippen LogP contribution in [0.15, 0.2) is 0 Å². The smallest absolute Gasteiger partial charge is 0.245 e. The number of aliphatic hydroxyl groups excluding tert-OH is 1. The second-order valence-electron chi connectivity index (χ2n) is 3.89. The van der Waals surface area contributed by atoms with Gasteiger partial charge in [0, 0.05) is 19.5 Å². The fourth-order valence-corrected chi connectivity index (χ4v) is 1.96. The first-order chi connectivity index (χ1) is 6.66. The summed E-state index contributed by atoms with van der Waals surface area (Å²) in [5.41, 5.74) is 0. The molecule has 1 unspecified atom stereocenters. The number of hydrogen-bond donors (Lipinski definition) is 2. The Bertz CT molecular complexity index is 267. The van der Waals surface area contributed by atoms with E-state index in [1.165, 1.54) is 0 Å². The minimum Gasteiger partial charge on any atom is -0.391 e. The number of carbonyl (C=O) groups excluding carboxylic acids is 2. The van der Waals surface area contributed by atoms with Crippen LogP contribution in [0.25, 0.3) is 0 Å². The molecule has 2 rings (SSSR count). The monoisotopic (exact) mass is 198 g/mol. The van der Waals surface area contributed by atoms with Gasteiger partial charge in [-0.1, -0.05) is 0 Å². The number of rotatable bonds is 1. The van der Waals surface area contributed by atoms with Gasteiger partial charge in [0.05, 0.1) is 6.10 Å². The van der Waals surface area contributed by atoms with Crippen LogP contribution in [0, 0.1) is 0 Å². The molecular formula is C9H14N2O3. The highest BCUT2D eigenvalue weighted by atomic mass is 16.3. The van der Waals surface area contributed by atoms with Crippen molar-refractivity contribution in [3.8, 4) is 0 Å². The molecule has 0 aromatic rings. The molecule has 0 aliphatic carbocycles. The van der Waals surface area contributed by atoms with Gasteiger partial charge in [-0.15, -0.1) is 0 Å². The topological polar surface area (TPSA) is 69.6 Å². The average molecular weight is 198 g/mol. The molecule has 2 aliphatic rings. The summed E-state index contributed by atoms with van der Waals surface area (Å²) in [4.78, 5) is 24.3. The van der Waals surface area contributed by atoms with Crippen molar-refractivity contribution in [3.05, 3.63) is 0 Å². The quantitative estimate of drug-likeness (QED) is 0.559. The molecule has 5 heteroatoms. The van der Waals surface area contributed by atoms with Crippen molar-refractivity contribution in [3.63, 3.8) is 0 Å². The first-order valence-corrected chi connectivity index (χ1v) is 4.93. The summed E-state index contributed by atoms with van der Waals surface area (Å²) in [6.07, 6.45) is 1.28. The standard InChI is InChI=1S/C9H14N2O3/c12-6-3-4-11(5-6)9(14)7-1-2-8(13)10-7/h6-7,12H,1-5H2,(H,10,13)/t6-,7?/m0/s1. The van der Waals surface area contributed by atoms with Gasteiger partial charge >= 0.3 is 0 Å². The molecule has 2 amide bonds. The fraction of sp³-hybridized carbons (Fsp3) is 0.778. The van der Waals surface area contributed by atoms with Gasteiger partial charge in [-0.2, -0.15) is 0 Å². The van der Waals surface area contributed by atoms with E-state index < -0.39 is 6.10 Å². The van der Waals surface area contributed by atoms with Crippen LogP contribution in [0.3, 0.4) is 0 Å². The first kappa shape index (κ1) is 9.45. The molecule has 2 N–H and O–H groups in total. The summed E-state index contributed by atoms with van der Waals surface area (Å²) in [7, 11) is 0. The van der Waals surface area contributed by atoms with E-state index in [1.807, 2.05) is 0 Å². The predicted octanol–water partition coefficient (Wildman–Crippen LogP) is -1.14. The molecule has 0 aromatic heterocycles. The number of aliphatic hydroxyl groups is 1. The molecule has 0 bridgehead atoms. The van der Waals surface area contributed by atoms with Crippen LogP contribution in [0.5, 0.6) is 0 Å². The van der Waals surface area contributed by atoms with Gasteiger partial charge in [-0.05, 0) is 12.8 Å². The van der Waals surface area contributed by atoms with Crippen molar-refractivity contribution >= 4 is 11.8 Å². The largest absolute Gasteiger partial charge is 0.391 e. The van der Waals surface area contributed by atoms with E-state index >= 15 is 0 Å². The third kappa shape index (κ3) is 1.72. The van der Waals surface area contributed by atoms with Gasteiger partial charge in [0.25, 0.3) is 0 Å². The molecule has 2 saturated heterocycles. The van der Waals surface area contributed by atoms with Gasteiger partial charge in [-0.3, -0.25) is 9.59 Å². The Kier molecular flexibility index (Phi) is 2.41. The highest BCUT2D eigenvalue weighted by Crippen LogP contribution is 2.14. The fourth-order valence-electron chi connectivity index (χ4n) is 1.96. The van der Waals surface area contributed by atoms with Crippen molar-refractivity contribution < 1.29 is 14.7 Å². The van der Waals surface area contributed by atoms with Gasteiger partial charge in [-0.25, -0.2) is 0 Å². The number of nitrogens with one attached hydrogen (secondary N) is 1. The number of hydrogen-bond acceptors (Lipinski definition) is 3. The molecule has 2 fully saturated rings. The van der Waals surface area contributed by atoms with Crippen LogP contribution in [-0.4, -0.2) is 47.1 Å². The van der Waals surface area contributed by atoms with E-state index in [0.29, 0.717) is 32.4 Å². The molecule has 0 radical (unpaired) electrons. The maximum atomic E-state index is 11.7. The third-order valence-corrected chi connectivity index (χ3v) is 2.77. The Labute approximate surface area is 82.1 Å². The Balaban J connectivity index is 1.92. The first-order valence-electron chi connectivity index (χ1n) is 4.93. The minimum atomic E-state index is -0.393. The van der Waals surface area contributed by atoms with E-state index in [9.17, 15) is 14.7 Å². The maximum absolute atomic E-state index is 11.7. The van der Waals surface area contributed by atoms with Crippen LogP contribution in [-0.2, 0) is 9.59 Å². The number of β-amino-alcohol motifs (C(OH)–C–C–N with tert-alkyl or cyclic N) is 1. The van der Waals surface area contributed by atoms with E-state index in [2.05, 4.69) is 5.32 Å². The number of nitrogens with zero attached hydrogens (tertiary/aromatic N) is 1. The molecule has 78 valence electrons. The average Bonchev–Trinajstić information content (AvgIpc) is 2.73. The zero-order chi connectivity index (χ0) is 10.1. The molecule has 2 atom stereocenters. The van der Waals surface area contributed by atoms with Gasteiger partial charge in [0.2, 0.25) is 11.8 Å². The highest BCUT2D eigenvalue weighted by molar-refractivity contribution is 5.90. The molecule has 5 nitrogen and oxygen atoms in total. The highest BCUT2D eigenvalue weighted by Gasteiger charge is 2.33. The summed E-state index contributed by atoms with van der Waals surface area (Å²) >= 11 is 0. The van der Waals surface area contributed by atoms with Gasteiger partial charge in [0.15, 0.2) is 0 Å². The van der Waals surface area contributed by atoms with Crippen LogP contribution in [0.4, 0.5) is 0 Å². The van der Waals surface area contributed by atoms with E-state index in [-0.39, 0.29) is 17.9 Å². The molecule has 2 aliphatic heterocycles. The SMILES string of the molecule is O=C1CCC(C(=O)N2CC[C@H](O)C2)N1. The summed E-state index contributed by atoms with van der Waals surface area (Å²) in [6, 6.07) is -0.354. The molecular weight excluding hydrogens is 184 g/mol. The van der Waals surface area contributed by atoms with Gasteiger partial charge < -0.3 is 15.3 Å². The van der Waals surface area contributed by atoms with Crippen molar-refractivity contribution in [2.24, 2.45) is 0 Å². The second-order valence-corrected chi connectivity index (χ2v) is 3.89. The summed E-state index contributed by atoms with van der Waals surface area (Å²) in [5, 5.41) is 11.9. The van der Waals surface area contributed by atoms with Crippen molar-refractivity contribution in [2.45, 2.75) is 31.4 Å². The molecule has 0 spiro atoms. The lowest BCUT2D eigenvalue weighted by Gasteiger charge is -2.19. The number of amides is 2. The Morgan fingerprint density at radius 3 is 2.79 bits per heavy atom. The van der Waals surface area contributed by atoms with E-state index in [1.54, 1.807) is 4.90 Å². The Morgan fingerprint density at radius 1 is 1.50 bits per heavy atom. The second kappa shape index (κ2) is 3.57. The lowest BCUT2D eigenvalue weighted by molar-refractivity contribution is -0.133. The molecule has 2 heterocycles. The third-order valence-electron chi connectivity index (χ3n) is 2.77. The van der Waals surface area contributed by atoms with Gasteiger partial charge in [0.1, 0.15) is 6.04 Å². The molecule has 0 saturated carbocycles. The predicted molar refractivity (Wildman–Crippen MR) is 48.4 cm³/mol. The maximum Gasteiger partial charge on any atom is 0.245 e. The number of carbonyl (C=O) groups is 2. The van der Waals surface area contributed by atoms with E-state index in [4.69, 9.17) is 0 Å². The van der Waals surface area contributed by atoms with Crippen LogP contribution in [0.2, 0.25) is 0 Å². The molecule has 14 heavy (non-hydrogen) atoms. The lowest BCUT2D eigenvalue weighted by atomic mass is 10.2. The normalized spacial score (nSPS) is 32.1.